The van der Waals surface area contributed by atoms with Crippen LogP contribution in [0.3, 0.4) is 0 Å². The second kappa shape index (κ2) is 8.74. The van der Waals surface area contributed by atoms with Crippen molar-refractivity contribution >= 4 is 29.0 Å². The lowest BCUT2D eigenvalue weighted by molar-refractivity contribution is -0.123. The van der Waals surface area contributed by atoms with Gasteiger partial charge in [0.15, 0.2) is 11.5 Å². The van der Waals surface area contributed by atoms with E-state index in [0.29, 0.717) is 16.4 Å². The highest BCUT2D eigenvalue weighted by Gasteiger charge is 2.35. The molecule has 1 saturated heterocycles. The summed E-state index contributed by atoms with van der Waals surface area (Å²) in [6.07, 6.45) is 6.41. The first-order chi connectivity index (χ1) is 14.1. The van der Waals surface area contributed by atoms with Gasteiger partial charge in [-0.05, 0) is 66.8 Å². The van der Waals surface area contributed by atoms with E-state index in [9.17, 15) is 9.59 Å². The lowest BCUT2D eigenvalue weighted by atomic mass is 10.1. The SMILES string of the molecule is COc1ccc(/C=C2\SC(=O)N(Cc3ccccc3)C2=O)cc1OC1CCCC1. The van der Waals surface area contributed by atoms with Crippen LogP contribution in [0, 0.1) is 0 Å². The number of imide groups is 1. The number of ether oxygens (including phenoxy) is 2. The van der Waals surface area contributed by atoms with E-state index in [1.807, 2.05) is 48.5 Å². The first kappa shape index (κ1) is 19.6. The van der Waals surface area contributed by atoms with E-state index in [1.165, 1.54) is 17.7 Å². The van der Waals surface area contributed by atoms with E-state index in [4.69, 9.17) is 9.47 Å². The fraction of sp³-hybridized carbons (Fsp3) is 0.304. The highest BCUT2D eigenvalue weighted by Crippen LogP contribution is 2.36. The summed E-state index contributed by atoms with van der Waals surface area (Å²) in [4.78, 5) is 26.8. The Kier molecular flexibility index (Phi) is 5.90. The number of nitrogens with zero attached hydrogens (tertiary/aromatic N) is 1. The van der Waals surface area contributed by atoms with Gasteiger partial charge in [-0.1, -0.05) is 36.4 Å². The van der Waals surface area contributed by atoms with E-state index >= 15 is 0 Å². The van der Waals surface area contributed by atoms with E-state index in [1.54, 1.807) is 13.2 Å². The Bertz CT molecular complexity index is 935. The van der Waals surface area contributed by atoms with Gasteiger partial charge in [-0.25, -0.2) is 0 Å². The molecule has 2 aromatic rings. The Hall–Kier alpha value is -2.73. The molecular formula is C23H23NO4S. The maximum atomic E-state index is 12.8. The molecule has 29 heavy (non-hydrogen) atoms. The van der Waals surface area contributed by atoms with E-state index in [2.05, 4.69) is 0 Å². The minimum atomic E-state index is -0.266. The summed E-state index contributed by atoms with van der Waals surface area (Å²) < 4.78 is 11.5. The Morgan fingerprint density at radius 3 is 2.55 bits per heavy atom. The average Bonchev–Trinajstić information content (AvgIpc) is 3.33. The second-order valence-corrected chi connectivity index (χ2v) is 8.18. The topological polar surface area (TPSA) is 55.8 Å². The number of carbonyl (C=O) groups is 2. The molecule has 1 aliphatic carbocycles. The summed E-state index contributed by atoms with van der Waals surface area (Å²) >= 11 is 0.971. The monoisotopic (exact) mass is 409 g/mol. The Balaban J connectivity index is 1.54. The highest BCUT2D eigenvalue weighted by molar-refractivity contribution is 8.18. The lowest BCUT2D eigenvalue weighted by Gasteiger charge is -2.16. The van der Waals surface area contributed by atoms with Gasteiger partial charge in [-0.15, -0.1) is 0 Å². The number of hydrogen-bond donors (Lipinski definition) is 0. The highest BCUT2D eigenvalue weighted by atomic mass is 32.2. The van der Waals surface area contributed by atoms with Crippen LogP contribution in [0.4, 0.5) is 4.79 Å². The van der Waals surface area contributed by atoms with Crippen LogP contribution in [0.25, 0.3) is 6.08 Å². The molecule has 1 heterocycles. The van der Waals surface area contributed by atoms with E-state index < -0.39 is 0 Å². The number of benzene rings is 2. The molecule has 0 spiro atoms. The largest absolute Gasteiger partial charge is 0.493 e. The molecule has 1 aliphatic heterocycles. The summed E-state index contributed by atoms with van der Waals surface area (Å²) in [5.41, 5.74) is 1.73. The zero-order valence-corrected chi connectivity index (χ0v) is 17.1. The molecule has 6 heteroatoms. The first-order valence-corrected chi connectivity index (χ1v) is 10.6. The third-order valence-electron chi connectivity index (χ3n) is 5.14. The van der Waals surface area contributed by atoms with Crippen LogP contribution >= 0.6 is 11.8 Å². The molecule has 2 fully saturated rings. The van der Waals surface area contributed by atoms with Crippen LogP contribution in [0.5, 0.6) is 11.5 Å². The molecular weight excluding hydrogens is 386 g/mol. The number of hydrogen-bond acceptors (Lipinski definition) is 5. The standard InChI is InChI=1S/C23H23NO4S/c1-27-19-12-11-17(13-20(19)28-18-9-5-6-10-18)14-21-22(25)24(23(26)29-21)15-16-7-3-2-4-8-16/h2-4,7-8,11-14,18H,5-6,9-10,15H2,1H3/b21-14-. The van der Waals surface area contributed by atoms with Gasteiger partial charge in [0.1, 0.15) is 0 Å². The summed E-state index contributed by atoms with van der Waals surface area (Å²) in [6.45, 7) is 0.279. The number of methoxy groups -OCH3 is 1. The molecule has 4 rings (SSSR count). The predicted octanol–water partition coefficient (Wildman–Crippen LogP) is 5.25. The smallest absolute Gasteiger partial charge is 0.293 e. The molecule has 5 nitrogen and oxygen atoms in total. The van der Waals surface area contributed by atoms with Crippen LogP contribution in [0.15, 0.2) is 53.4 Å². The summed E-state index contributed by atoms with van der Waals surface area (Å²) in [5, 5.41) is -0.249. The molecule has 150 valence electrons. The summed E-state index contributed by atoms with van der Waals surface area (Å²) in [6, 6.07) is 15.1. The zero-order valence-electron chi connectivity index (χ0n) is 16.3. The van der Waals surface area contributed by atoms with Crippen molar-refractivity contribution in [3.8, 4) is 11.5 Å². The van der Waals surface area contributed by atoms with Crippen LogP contribution in [-0.2, 0) is 11.3 Å². The molecule has 0 atom stereocenters. The van der Waals surface area contributed by atoms with Crippen molar-refractivity contribution < 1.29 is 19.1 Å². The fourth-order valence-electron chi connectivity index (χ4n) is 3.61. The van der Waals surface area contributed by atoms with Crippen LogP contribution in [0.2, 0.25) is 0 Å². The van der Waals surface area contributed by atoms with Gasteiger partial charge >= 0.3 is 0 Å². The van der Waals surface area contributed by atoms with Crippen molar-refractivity contribution in [3.63, 3.8) is 0 Å². The van der Waals surface area contributed by atoms with Gasteiger partial charge in [-0.3, -0.25) is 14.5 Å². The third kappa shape index (κ3) is 4.48. The van der Waals surface area contributed by atoms with Crippen molar-refractivity contribution in [1.82, 2.24) is 4.90 Å². The molecule has 0 bridgehead atoms. The minimum absolute atomic E-state index is 0.206. The number of carbonyl (C=O) groups excluding carboxylic acids is 2. The third-order valence-corrected chi connectivity index (χ3v) is 6.05. The maximum Gasteiger partial charge on any atom is 0.293 e. The van der Waals surface area contributed by atoms with Crippen molar-refractivity contribution in [2.45, 2.75) is 38.3 Å². The molecule has 0 unspecified atom stereocenters. The average molecular weight is 410 g/mol. The van der Waals surface area contributed by atoms with Gasteiger partial charge in [0.2, 0.25) is 0 Å². The Labute approximate surface area is 174 Å². The van der Waals surface area contributed by atoms with E-state index in [0.717, 1.165) is 35.7 Å². The van der Waals surface area contributed by atoms with Gasteiger partial charge in [-0.2, -0.15) is 0 Å². The summed E-state index contributed by atoms with van der Waals surface area (Å²) in [5.74, 6) is 1.08. The molecule has 2 aromatic carbocycles. The number of rotatable bonds is 6. The Morgan fingerprint density at radius 1 is 1.07 bits per heavy atom. The van der Waals surface area contributed by atoms with Crippen LogP contribution < -0.4 is 9.47 Å². The fourth-order valence-corrected chi connectivity index (χ4v) is 4.45. The zero-order chi connectivity index (χ0) is 20.2. The van der Waals surface area contributed by atoms with Crippen molar-refractivity contribution in [2.24, 2.45) is 0 Å². The van der Waals surface area contributed by atoms with Gasteiger partial charge < -0.3 is 9.47 Å². The molecule has 0 aromatic heterocycles. The summed E-state index contributed by atoms with van der Waals surface area (Å²) in [7, 11) is 1.62. The van der Waals surface area contributed by atoms with E-state index in [-0.39, 0.29) is 23.8 Å². The molecule has 0 radical (unpaired) electrons. The van der Waals surface area contributed by atoms with Gasteiger partial charge in [0.25, 0.3) is 11.1 Å². The van der Waals surface area contributed by atoms with Gasteiger partial charge in [0.05, 0.1) is 24.7 Å². The van der Waals surface area contributed by atoms with Crippen LogP contribution in [0.1, 0.15) is 36.8 Å². The number of thioether (sulfide) groups is 1. The van der Waals surface area contributed by atoms with Gasteiger partial charge in [0, 0.05) is 0 Å². The van der Waals surface area contributed by atoms with Crippen molar-refractivity contribution in [3.05, 3.63) is 64.6 Å². The normalized spacial score (nSPS) is 18.7. The Morgan fingerprint density at radius 2 is 1.83 bits per heavy atom. The van der Waals surface area contributed by atoms with Crippen LogP contribution in [-0.4, -0.2) is 29.3 Å². The molecule has 1 saturated carbocycles. The van der Waals surface area contributed by atoms with Crippen molar-refractivity contribution in [1.29, 1.82) is 0 Å². The molecule has 0 N–H and O–H groups in total. The maximum absolute atomic E-state index is 12.8. The predicted molar refractivity (Wildman–Crippen MR) is 114 cm³/mol. The first-order valence-electron chi connectivity index (χ1n) is 9.78. The quantitative estimate of drug-likeness (QED) is 0.610. The molecule has 2 aliphatic rings. The second-order valence-electron chi connectivity index (χ2n) is 7.19. The lowest BCUT2D eigenvalue weighted by Crippen LogP contribution is -2.27. The minimum Gasteiger partial charge on any atom is -0.493 e. The van der Waals surface area contributed by atoms with Crippen molar-refractivity contribution in [2.75, 3.05) is 7.11 Å². The number of amides is 2. The molecule has 2 amide bonds.